The molecule has 0 saturated carbocycles. The summed E-state index contributed by atoms with van der Waals surface area (Å²) < 4.78 is 0. The molecule has 0 amide bonds. The number of pyridine rings is 1. The summed E-state index contributed by atoms with van der Waals surface area (Å²) in [4.78, 5) is 4.24. The van der Waals surface area contributed by atoms with E-state index in [1.54, 1.807) is 12.3 Å². The Labute approximate surface area is 76.4 Å². The second-order valence-electron chi connectivity index (χ2n) is 3.08. The van der Waals surface area contributed by atoms with Crippen molar-refractivity contribution in [2.45, 2.75) is 6.92 Å². The van der Waals surface area contributed by atoms with Gasteiger partial charge >= 0.3 is 0 Å². The van der Waals surface area contributed by atoms with E-state index in [1.165, 1.54) is 0 Å². The molecule has 0 fully saturated rings. The lowest BCUT2D eigenvalue weighted by atomic mass is 10.1. The lowest BCUT2D eigenvalue weighted by Crippen LogP contribution is -1.94. The maximum atomic E-state index is 5.79. The summed E-state index contributed by atoms with van der Waals surface area (Å²) in [6, 6.07) is 5.55. The zero-order chi connectivity index (χ0) is 9.42. The lowest BCUT2D eigenvalue weighted by molar-refractivity contribution is 1.37. The van der Waals surface area contributed by atoms with Gasteiger partial charge in [0.1, 0.15) is 0 Å². The smallest absolute Gasteiger partial charge is 0.0772 e. The fraction of sp³-hybridized carbons (Fsp3) is 0.100. The summed E-state index contributed by atoms with van der Waals surface area (Å²) in [6.07, 6.45) is 1.70. The molecule has 1 aromatic carbocycles. The second-order valence-corrected chi connectivity index (χ2v) is 3.08. The van der Waals surface area contributed by atoms with Gasteiger partial charge in [-0.15, -0.1) is 0 Å². The predicted octanol–water partition coefficient (Wildman–Crippen LogP) is 1.71. The molecule has 3 nitrogen and oxygen atoms in total. The Kier molecular flexibility index (Phi) is 1.59. The normalized spacial score (nSPS) is 10.5. The van der Waals surface area contributed by atoms with Crippen molar-refractivity contribution in [2.75, 3.05) is 11.5 Å². The number of nitrogen functional groups attached to an aromatic ring is 2. The quantitative estimate of drug-likeness (QED) is 0.596. The molecule has 66 valence electrons. The first-order valence-electron chi connectivity index (χ1n) is 4.09. The molecule has 4 N–H and O–H groups in total. The van der Waals surface area contributed by atoms with E-state index in [-0.39, 0.29) is 0 Å². The zero-order valence-electron chi connectivity index (χ0n) is 7.41. The molecule has 2 aromatic rings. The van der Waals surface area contributed by atoms with Crippen molar-refractivity contribution < 1.29 is 0 Å². The van der Waals surface area contributed by atoms with Crippen molar-refractivity contribution in [1.82, 2.24) is 4.98 Å². The van der Waals surface area contributed by atoms with E-state index >= 15 is 0 Å². The van der Waals surface area contributed by atoms with Crippen LogP contribution in [0.5, 0.6) is 0 Å². The highest BCUT2D eigenvalue weighted by molar-refractivity contribution is 5.94. The molecule has 0 saturated heterocycles. The second kappa shape index (κ2) is 2.62. The minimum absolute atomic E-state index is 0.744. The molecule has 0 atom stereocenters. The van der Waals surface area contributed by atoms with E-state index in [4.69, 9.17) is 11.5 Å². The fourth-order valence-electron chi connectivity index (χ4n) is 1.40. The molecule has 2 rings (SSSR count). The van der Waals surface area contributed by atoms with E-state index in [0.717, 1.165) is 27.8 Å². The highest BCUT2D eigenvalue weighted by atomic mass is 14.7. The predicted molar refractivity (Wildman–Crippen MR) is 55.3 cm³/mol. The van der Waals surface area contributed by atoms with Crippen LogP contribution in [0, 0.1) is 6.92 Å². The van der Waals surface area contributed by atoms with Gasteiger partial charge in [-0.1, -0.05) is 0 Å². The number of hydrogen-bond acceptors (Lipinski definition) is 3. The summed E-state index contributed by atoms with van der Waals surface area (Å²) in [5, 5.41) is 0.967. The molecule has 0 aliphatic carbocycles. The monoisotopic (exact) mass is 173 g/mol. The van der Waals surface area contributed by atoms with E-state index in [0.29, 0.717) is 0 Å². The third-order valence-corrected chi connectivity index (χ3v) is 2.24. The van der Waals surface area contributed by atoms with E-state index in [9.17, 15) is 0 Å². The van der Waals surface area contributed by atoms with Crippen molar-refractivity contribution in [3.8, 4) is 0 Å². The van der Waals surface area contributed by atoms with Crippen LogP contribution in [0.3, 0.4) is 0 Å². The van der Waals surface area contributed by atoms with E-state index in [2.05, 4.69) is 4.98 Å². The van der Waals surface area contributed by atoms with Gasteiger partial charge in [-0.2, -0.15) is 0 Å². The van der Waals surface area contributed by atoms with Crippen LogP contribution >= 0.6 is 0 Å². The van der Waals surface area contributed by atoms with Gasteiger partial charge in [-0.25, -0.2) is 0 Å². The molecular weight excluding hydrogens is 162 g/mol. The largest absolute Gasteiger partial charge is 0.398 e. The SMILES string of the molecule is Cc1c(N)ccc2c(N)ccnc12. The molecule has 0 spiro atoms. The van der Waals surface area contributed by atoms with Crippen LogP contribution in [0.4, 0.5) is 11.4 Å². The van der Waals surface area contributed by atoms with Crippen LogP contribution in [0.25, 0.3) is 10.9 Å². The van der Waals surface area contributed by atoms with Gasteiger partial charge in [-0.05, 0) is 30.7 Å². The summed E-state index contributed by atoms with van der Waals surface area (Å²) in [5.74, 6) is 0. The average Bonchev–Trinajstić information content (AvgIpc) is 2.12. The van der Waals surface area contributed by atoms with Crippen molar-refractivity contribution >= 4 is 22.3 Å². The number of nitrogens with zero attached hydrogens (tertiary/aromatic N) is 1. The Bertz CT molecular complexity index is 463. The van der Waals surface area contributed by atoms with Gasteiger partial charge in [0.15, 0.2) is 0 Å². The number of benzene rings is 1. The van der Waals surface area contributed by atoms with Crippen LogP contribution in [-0.4, -0.2) is 4.98 Å². The molecule has 0 bridgehead atoms. The summed E-state index contributed by atoms with van der Waals surface area (Å²) in [7, 11) is 0. The summed E-state index contributed by atoms with van der Waals surface area (Å²) in [5.41, 5.74) is 14.9. The van der Waals surface area contributed by atoms with E-state index < -0.39 is 0 Å². The van der Waals surface area contributed by atoms with Crippen molar-refractivity contribution in [2.24, 2.45) is 0 Å². The molecule has 1 heterocycles. The number of rotatable bonds is 0. The molecule has 0 unspecified atom stereocenters. The van der Waals surface area contributed by atoms with Gasteiger partial charge in [-0.3, -0.25) is 4.98 Å². The molecule has 0 aliphatic rings. The maximum absolute atomic E-state index is 5.79. The number of hydrogen-bond donors (Lipinski definition) is 2. The molecule has 13 heavy (non-hydrogen) atoms. The molecule has 1 aromatic heterocycles. The first-order valence-corrected chi connectivity index (χ1v) is 4.09. The number of aryl methyl sites for hydroxylation is 1. The van der Waals surface area contributed by atoms with Gasteiger partial charge in [0.25, 0.3) is 0 Å². The third kappa shape index (κ3) is 1.09. The molecular formula is C10H11N3. The maximum Gasteiger partial charge on any atom is 0.0772 e. The van der Waals surface area contributed by atoms with Crippen LogP contribution in [-0.2, 0) is 0 Å². The van der Waals surface area contributed by atoms with Crippen LogP contribution < -0.4 is 11.5 Å². The lowest BCUT2D eigenvalue weighted by Gasteiger charge is -2.05. The molecule has 0 aliphatic heterocycles. The Balaban J connectivity index is 2.94. The van der Waals surface area contributed by atoms with Crippen molar-refractivity contribution in [3.05, 3.63) is 30.0 Å². The first-order chi connectivity index (χ1) is 6.20. The van der Waals surface area contributed by atoms with Crippen LogP contribution in [0.2, 0.25) is 0 Å². The highest BCUT2D eigenvalue weighted by Crippen LogP contribution is 2.24. The topological polar surface area (TPSA) is 64.9 Å². The number of anilines is 2. The van der Waals surface area contributed by atoms with Gasteiger partial charge in [0.2, 0.25) is 0 Å². The van der Waals surface area contributed by atoms with Crippen molar-refractivity contribution in [1.29, 1.82) is 0 Å². The summed E-state index contributed by atoms with van der Waals surface area (Å²) >= 11 is 0. The van der Waals surface area contributed by atoms with Crippen LogP contribution in [0.1, 0.15) is 5.56 Å². The molecule has 3 heteroatoms. The van der Waals surface area contributed by atoms with Crippen molar-refractivity contribution in [3.63, 3.8) is 0 Å². The first kappa shape index (κ1) is 7.86. The zero-order valence-corrected chi connectivity index (χ0v) is 7.41. The third-order valence-electron chi connectivity index (χ3n) is 2.24. The minimum Gasteiger partial charge on any atom is -0.398 e. The molecule has 0 radical (unpaired) electrons. The van der Waals surface area contributed by atoms with E-state index in [1.807, 2.05) is 19.1 Å². The number of fused-ring (bicyclic) bond motifs is 1. The highest BCUT2D eigenvalue weighted by Gasteiger charge is 2.03. The Morgan fingerprint density at radius 2 is 1.85 bits per heavy atom. The van der Waals surface area contributed by atoms with Gasteiger partial charge < -0.3 is 11.5 Å². The Morgan fingerprint density at radius 1 is 1.08 bits per heavy atom. The van der Waals surface area contributed by atoms with Crippen LogP contribution in [0.15, 0.2) is 24.4 Å². The minimum atomic E-state index is 0.744. The number of nitrogens with two attached hydrogens (primary N) is 2. The van der Waals surface area contributed by atoms with Gasteiger partial charge in [0.05, 0.1) is 5.52 Å². The Morgan fingerprint density at radius 3 is 2.62 bits per heavy atom. The average molecular weight is 173 g/mol. The fourth-order valence-corrected chi connectivity index (χ4v) is 1.40. The van der Waals surface area contributed by atoms with Gasteiger partial charge in [0, 0.05) is 23.0 Å². The number of aromatic nitrogens is 1. The Hall–Kier alpha value is -1.77. The summed E-state index contributed by atoms with van der Waals surface area (Å²) in [6.45, 7) is 1.95. The standard InChI is InChI=1S/C10H11N3/c1-6-8(11)3-2-7-9(12)4-5-13-10(6)7/h2-5H,11H2,1H3,(H2,12,13).